The predicted molar refractivity (Wildman–Crippen MR) is 88.0 cm³/mol. The third-order valence-electron chi connectivity index (χ3n) is 4.87. The Labute approximate surface area is 127 Å². The van der Waals surface area contributed by atoms with Crippen molar-refractivity contribution in [1.29, 1.82) is 0 Å². The summed E-state index contributed by atoms with van der Waals surface area (Å²) < 4.78 is 0. The average molecular weight is 280 g/mol. The molecule has 2 heteroatoms. The SMILES string of the molecule is Cc1ccccc1CC(NN)C1CCc2ccccc2C1. The largest absolute Gasteiger partial charge is 0.271 e. The van der Waals surface area contributed by atoms with E-state index in [9.17, 15) is 0 Å². The minimum Gasteiger partial charge on any atom is -0.271 e. The normalized spacial score (nSPS) is 19.0. The van der Waals surface area contributed by atoms with E-state index in [1.165, 1.54) is 35.1 Å². The molecule has 2 aromatic carbocycles. The summed E-state index contributed by atoms with van der Waals surface area (Å²) in [7, 11) is 0. The number of rotatable bonds is 4. The smallest absolute Gasteiger partial charge is 0.0282 e. The predicted octanol–water partition coefficient (Wildman–Crippen LogP) is 3.17. The number of fused-ring (bicyclic) bond motifs is 1. The summed E-state index contributed by atoms with van der Waals surface area (Å²) in [4.78, 5) is 0. The topological polar surface area (TPSA) is 38.0 Å². The number of benzene rings is 2. The maximum absolute atomic E-state index is 5.87. The Morgan fingerprint density at radius 1 is 1.10 bits per heavy atom. The van der Waals surface area contributed by atoms with Crippen molar-refractivity contribution in [2.24, 2.45) is 11.8 Å². The lowest BCUT2D eigenvalue weighted by Gasteiger charge is -2.31. The van der Waals surface area contributed by atoms with Crippen molar-refractivity contribution >= 4 is 0 Å². The molecule has 0 bridgehead atoms. The molecule has 21 heavy (non-hydrogen) atoms. The summed E-state index contributed by atoms with van der Waals surface area (Å²) in [6.07, 6.45) is 4.54. The summed E-state index contributed by atoms with van der Waals surface area (Å²) in [6, 6.07) is 17.8. The fourth-order valence-corrected chi connectivity index (χ4v) is 3.51. The molecule has 2 unspecified atom stereocenters. The van der Waals surface area contributed by atoms with Crippen molar-refractivity contribution in [1.82, 2.24) is 5.43 Å². The van der Waals surface area contributed by atoms with E-state index in [1.54, 1.807) is 0 Å². The van der Waals surface area contributed by atoms with Gasteiger partial charge in [0.25, 0.3) is 0 Å². The second kappa shape index (κ2) is 6.42. The van der Waals surface area contributed by atoms with Gasteiger partial charge in [0.2, 0.25) is 0 Å². The summed E-state index contributed by atoms with van der Waals surface area (Å²) in [6.45, 7) is 2.18. The highest BCUT2D eigenvalue weighted by Crippen LogP contribution is 2.28. The Balaban J connectivity index is 1.74. The Morgan fingerprint density at radius 3 is 2.57 bits per heavy atom. The third kappa shape index (κ3) is 3.17. The van der Waals surface area contributed by atoms with Crippen molar-refractivity contribution < 1.29 is 0 Å². The molecule has 2 nitrogen and oxygen atoms in total. The standard InChI is InChI=1S/C19H24N2/c1-14-6-2-3-8-16(14)13-19(21-20)18-11-10-15-7-4-5-9-17(15)12-18/h2-9,18-19,21H,10-13,20H2,1H3. The first kappa shape index (κ1) is 14.3. The molecule has 0 radical (unpaired) electrons. The van der Waals surface area contributed by atoms with Gasteiger partial charge in [0.05, 0.1) is 0 Å². The van der Waals surface area contributed by atoms with E-state index < -0.39 is 0 Å². The maximum atomic E-state index is 5.87. The van der Waals surface area contributed by atoms with E-state index in [-0.39, 0.29) is 0 Å². The van der Waals surface area contributed by atoms with Crippen LogP contribution in [0.15, 0.2) is 48.5 Å². The fourth-order valence-electron chi connectivity index (χ4n) is 3.51. The molecule has 110 valence electrons. The summed E-state index contributed by atoms with van der Waals surface area (Å²) in [5.41, 5.74) is 8.85. The van der Waals surface area contributed by atoms with Crippen molar-refractivity contribution in [2.45, 2.75) is 38.6 Å². The van der Waals surface area contributed by atoms with E-state index in [0.29, 0.717) is 12.0 Å². The van der Waals surface area contributed by atoms with Crippen LogP contribution in [0.25, 0.3) is 0 Å². The van der Waals surface area contributed by atoms with E-state index in [4.69, 9.17) is 5.84 Å². The van der Waals surface area contributed by atoms with Gasteiger partial charge in [-0.3, -0.25) is 11.3 Å². The monoisotopic (exact) mass is 280 g/mol. The molecule has 1 aliphatic rings. The van der Waals surface area contributed by atoms with Crippen LogP contribution >= 0.6 is 0 Å². The molecule has 1 aliphatic carbocycles. The molecular weight excluding hydrogens is 256 g/mol. The van der Waals surface area contributed by atoms with E-state index in [0.717, 1.165) is 12.8 Å². The summed E-state index contributed by atoms with van der Waals surface area (Å²) >= 11 is 0. The highest BCUT2D eigenvalue weighted by Gasteiger charge is 2.25. The lowest BCUT2D eigenvalue weighted by molar-refractivity contribution is 0.320. The average Bonchev–Trinajstić information content (AvgIpc) is 2.54. The fraction of sp³-hybridized carbons (Fsp3) is 0.368. The zero-order valence-corrected chi connectivity index (χ0v) is 12.7. The maximum Gasteiger partial charge on any atom is 0.0282 e. The van der Waals surface area contributed by atoms with Crippen LogP contribution in [-0.4, -0.2) is 6.04 Å². The molecule has 0 aromatic heterocycles. The number of nitrogens with one attached hydrogen (secondary N) is 1. The summed E-state index contributed by atoms with van der Waals surface area (Å²) in [5.74, 6) is 6.49. The molecule has 0 amide bonds. The molecule has 3 rings (SSSR count). The van der Waals surface area contributed by atoms with Crippen LogP contribution in [0.2, 0.25) is 0 Å². The summed E-state index contributed by atoms with van der Waals surface area (Å²) in [5, 5.41) is 0. The van der Waals surface area contributed by atoms with Gasteiger partial charge < -0.3 is 0 Å². The van der Waals surface area contributed by atoms with Crippen molar-refractivity contribution in [3.8, 4) is 0 Å². The minimum absolute atomic E-state index is 0.347. The molecule has 0 fully saturated rings. The molecule has 0 spiro atoms. The van der Waals surface area contributed by atoms with Gasteiger partial charge in [-0.2, -0.15) is 0 Å². The van der Waals surface area contributed by atoms with E-state index in [1.807, 2.05) is 0 Å². The van der Waals surface area contributed by atoms with Crippen molar-refractivity contribution in [3.05, 3.63) is 70.8 Å². The molecule has 0 saturated heterocycles. The van der Waals surface area contributed by atoms with Gasteiger partial charge in [-0.05, 0) is 60.8 Å². The molecule has 0 aliphatic heterocycles. The van der Waals surface area contributed by atoms with Gasteiger partial charge in [-0.25, -0.2) is 0 Å². The number of hydrogen-bond donors (Lipinski definition) is 2. The Hall–Kier alpha value is -1.64. The van der Waals surface area contributed by atoms with Gasteiger partial charge in [-0.1, -0.05) is 48.5 Å². The van der Waals surface area contributed by atoms with Gasteiger partial charge >= 0.3 is 0 Å². The molecule has 2 atom stereocenters. The molecule has 0 heterocycles. The van der Waals surface area contributed by atoms with Crippen LogP contribution in [0.1, 0.15) is 28.7 Å². The second-order valence-corrected chi connectivity index (χ2v) is 6.18. The first-order chi connectivity index (χ1) is 10.3. The number of nitrogens with two attached hydrogens (primary N) is 1. The van der Waals surface area contributed by atoms with Crippen LogP contribution in [0.5, 0.6) is 0 Å². The van der Waals surface area contributed by atoms with Crippen LogP contribution in [0.4, 0.5) is 0 Å². The van der Waals surface area contributed by atoms with Crippen LogP contribution in [-0.2, 0) is 19.3 Å². The number of hydrazine groups is 1. The van der Waals surface area contributed by atoms with Crippen LogP contribution in [0.3, 0.4) is 0 Å². The number of aryl methyl sites for hydroxylation is 2. The zero-order chi connectivity index (χ0) is 14.7. The second-order valence-electron chi connectivity index (χ2n) is 6.18. The van der Waals surface area contributed by atoms with Crippen molar-refractivity contribution in [2.75, 3.05) is 0 Å². The molecule has 3 N–H and O–H groups in total. The molecule has 2 aromatic rings. The first-order valence-corrected chi connectivity index (χ1v) is 7.85. The highest BCUT2D eigenvalue weighted by atomic mass is 15.2. The number of hydrogen-bond acceptors (Lipinski definition) is 2. The van der Waals surface area contributed by atoms with Gasteiger partial charge in [-0.15, -0.1) is 0 Å². The lowest BCUT2D eigenvalue weighted by atomic mass is 9.78. The van der Waals surface area contributed by atoms with Crippen LogP contribution in [0, 0.1) is 12.8 Å². The Morgan fingerprint density at radius 2 is 1.81 bits per heavy atom. The van der Waals surface area contributed by atoms with Gasteiger partial charge in [0.1, 0.15) is 0 Å². The lowest BCUT2D eigenvalue weighted by Crippen LogP contribution is -2.44. The van der Waals surface area contributed by atoms with E-state index in [2.05, 4.69) is 60.9 Å². The van der Waals surface area contributed by atoms with Crippen LogP contribution < -0.4 is 11.3 Å². The Bertz CT molecular complexity index is 606. The quantitative estimate of drug-likeness (QED) is 0.667. The molecule has 0 saturated carbocycles. The van der Waals surface area contributed by atoms with Gasteiger partial charge in [0, 0.05) is 6.04 Å². The Kier molecular flexibility index (Phi) is 4.37. The van der Waals surface area contributed by atoms with Crippen molar-refractivity contribution in [3.63, 3.8) is 0 Å². The molecular formula is C19H24N2. The first-order valence-electron chi connectivity index (χ1n) is 7.85. The zero-order valence-electron chi connectivity index (χ0n) is 12.7. The highest BCUT2D eigenvalue weighted by molar-refractivity contribution is 5.31. The van der Waals surface area contributed by atoms with Gasteiger partial charge in [0.15, 0.2) is 0 Å². The third-order valence-corrected chi connectivity index (χ3v) is 4.87. The minimum atomic E-state index is 0.347. The van der Waals surface area contributed by atoms with E-state index >= 15 is 0 Å².